The molecule has 2 atom stereocenters. The molecule has 2 heterocycles. The number of ketones is 1. The third-order valence-corrected chi connectivity index (χ3v) is 7.95. The summed E-state index contributed by atoms with van der Waals surface area (Å²) in [6.45, 7) is 0.604. The number of hydrogen-bond donors (Lipinski definition) is 2. The van der Waals surface area contributed by atoms with Crippen molar-refractivity contribution in [3.05, 3.63) is 63.5 Å². The number of carbonyl (C=O) groups excluding carboxylic acids is 3. The number of nitrogens with zero attached hydrogens (tertiary/aromatic N) is 2. The molecule has 2 amide bonds. The molecule has 0 radical (unpaired) electrons. The molecule has 1 aromatic heterocycles. The molecule has 7 nitrogen and oxygen atoms in total. The fourth-order valence-electron chi connectivity index (χ4n) is 5.14. The van der Waals surface area contributed by atoms with Crippen LogP contribution in [-0.2, 0) is 9.59 Å². The number of rotatable bonds is 8. The van der Waals surface area contributed by atoms with Crippen LogP contribution in [0.4, 0.5) is 4.39 Å². The highest BCUT2D eigenvalue weighted by Gasteiger charge is 2.38. The van der Waals surface area contributed by atoms with Crippen LogP contribution in [-0.4, -0.2) is 41.1 Å². The first kappa shape index (κ1) is 25.0. The van der Waals surface area contributed by atoms with Crippen molar-refractivity contribution in [2.45, 2.75) is 51.0 Å². The molecule has 2 aromatic rings. The summed E-state index contributed by atoms with van der Waals surface area (Å²) in [4.78, 5) is 45.0. The predicted octanol–water partition coefficient (Wildman–Crippen LogP) is 3.96. The minimum absolute atomic E-state index is 0.0185. The highest BCUT2D eigenvalue weighted by molar-refractivity contribution is 7.10. The minimum atomic E-state index is -0.581. The number of amides is 2. The van der Waals surface area contributed by atoms with Gasteiger partial charge >= 0.3 is 0 Å². The van der Waals surface area contributed by atoms with E-state index in [2.05, 4.69) is 10.3 Å². The standard InChI is InChI=1S/C26H31FN4O3S/c1-29-20(24(28)33)14-19(16-6-3-2-4-7-16)26(34)31-13-5-8-22(31)25-30-21(15-35-25)23(32)17-9-11-18(27)12-10-17/h9-12,14-16,19,22,29H,2-8,13H2,1H3,(H2,28,33)/t19-,22+/m1/s1. The van der Waals surface area contributed by atoms with Gasteiger partial charge in [-0.25, -0.2) is 9.37 Å². The molecule has 0 spiro atoms. The number of nitrogens with two attached hydrogens (primary N) is 1. The predicted molar refractivity (Wildman–Crippen MR) is 132 cm³/mol. The molecule has 2 fully saturated rings. The van der Waals surface area contributed by atoms with Crippen LogP contribution in [0.5, 0.6) is 0 Å². The number of hydrogen-bond acceptors (Lipinski definition) is 6. The van der Waals surface area contributed by atoms with E-state index in [1.54, 1.807) is 18.5 Å². The first-order valence-corrected chi connectivity index (χ1v) is 13.0. The van der Waals surface area contributed by atoms with Crippen LogP contribution in [0.2, 0.25) is 0 Å². The molecule has 1 saturated heterocycles. The number of likely N-dealkylation sites (N-methyl/N-ethyl adjacent to an activating group) is 1. The number of carbonyl (C=O) groups is 3. The lowest BCUT2D eigenvalue weighted by molar-refractivity contribution is -0.137. The maximum atomic E-state index is 13.9. The lowest BCUT2D eigenvalue weighted by Gasteiger charge is -2.33. The van der Waals surface area contributed by atoms with Gasteiger partial charge in [0.05, 0.1) is 17.7 Å². The average Bonchev–Trinajstić information content (AvgIpc) is 3.54. The van der Waals surface area contributed by atoms with E-state index in [4.69, 9.17) is 5.73 Å². The van der Waals surface area contributed by atoms with Crippen molar-refractivity contribution in [2.24, 2.45) is 17.6 Å². The van der Waals surface area contributed by atoms with Crippen LogP contribution in [0.25, 0.3) is 0 Å². The first-order chi connectivity index (χ1) is 16.9. The molecular weight excluding hydrogens is 467 g/mol. The Morgan fingerprint density at radius 2 is 1.86 bits per heavy atom. The zero-order valence-electron chi connectivity index (χ0n) is 19.8. The molecule has 4 rings (SSSR count). The van der Waals surface area contributed by atoms with E-state index in [0.29, 0.717) is 17.8 Å². The summed E-state index contributed by atoms with van der Waals surface area (Å²) in [7, 11) is 1.63. The summed E-state index contributed by atoms with van der Waals surface area (Å²) in [5.41, 5.74) is 6.45. The van der Waals surface area contributed by atoms with Crippen molar-refractivity contribution in [3.8, 4) is 0 Å². The Morgan fingerprint density at radius 1 is 1.14 bits per heavy atom. The molecule has 1 saturated carbocycles. The third kappa shape index (κ3) is 5.61. The second-order valence-electron chi connectivity index (χ2n) is 9.22. The van der Waals surface area contributed by atoms with Crippen molar-refractivity contribution in [1.82, 2.24) is 15.2 Å². The summed E-state index contributed by atoms with van der Waals surface area (Å²) in [5.74, 6) is -1.55. The first-order valence-electron chi connectivity index (χ1n) is 12.1. The van der Waals surface area contributed by atoms with E-state index in [1.807, 2.05) is 4.90 Å². The van der Waals surface area contributed by atoms with Gasteiger partial charge in [-0.1, -0.05) is 19.3 Å². The Bertz CT molecular complexity index is 1110. The van der Waals surface area contributed by atoms with E-state index >= 15 is 0 Å². The highest BCUT2D eigenvalue weighted by Crippen LogP contribution is 2.39. The number of benzene rings is 1. The lowest BCUT2D eigenvalue weighted by Crippen LogP contribution is -2.39. The van der Waals surface area contributed by atoms with E-state index < -0.39 is 17.6 Å². The Balaban J connectivity index is 1.58. The lowest BCUT2D eigenvalue weighted by atomic mass is 9.78. The Kier molecular flexibility index (Phi) is 7.95. The van der Waals surface area contributed by atoms with Crippen LogP contribution in [0.3, 0.4) is 0 Å². The maximum Gasteiger partial charge on any atom is 0.264 e. The molecule has 35 heavy (non-hydrogen) atoms. The summed E-state index contributed by atoms with van der Waals surface area (Å²) in [6, 6.07) is 5.18. The number of thiazole rings is 1. The largest absolute Gasteiger partial charge is 0.384 e. The Labute approximate surface area is 208 Å². The smallest absolute Gasteiger partial charge is 0.264 e. The normalized spacial score (nSPS) is 20.0. The molecule has 2 aliphatic rings. The summed E-state index contributed by atoms with van der Waals surface area (Å²) < 4.78 is 13.2. The highest BCUT2D eigenvalue weighted by atomic mass is 32.1. The van der Waals surface area contributed by atoms with E-state index in [9.17, 15) is 18.8 Å². The fraction of sp³-hybridized carbons (Fsp3) is 0.462. The second kappa shape index (κ2) is 11.1. The van der Waals surface area contributed by atoms with Gasteiger partial charge in [0.15, 0.2) is 0 Å². The van der Waals surface area contributed by atoms with E-state index in [0.717, 1.165) is 50.0 Å². The van der Waals surface area contributed by atoms with Crippen LogP contribution in [0, 0.1) is 17.7 Å². The monoisotopic (exact) mass is 498 g/mol. The molecule has 0 unspecified atom stereocenters. The Hall–Kier alpha value is -3.07. The molecule has 0 bridgehead atoms. The number of aromatic nitrogens is 1. The van der Waals surface area contributed by atoms with Crippen molar-refractivity contribution in [3.63, 3.8) is 0 Å². The molecule has 1 aliphatic heterocycles. The second-order valence-corrected chi connectivity index (χ2v) is 10.1. The number of primary amides is 1. The van der Waals surface area contributed by atoms with Gasteiger partial charge in [-0.15, -0.1) is 11.3 Å². The van der Waals surface area contributed by atoms with Gasteiger partial charge in [-0.05, 0) is 61.9 Å². The summed E-state index contributed by atoms with van der Waals surface area (Å²) in [5, 5.41) is 5.26. The molecule has 9 heteroatoms. The zero-order valence-corrected chi connectivity index (χ0v) is 20.7. The minimum Gasteiger partial charge on any atom is -0.384 e. The van der Waals surface area contributed by atoms with Crippen LogP contribution < -0.4 is 11.1 Å². The van der Waals surface area contributed by atoms with Gasteiger partial charge in [0, 0.05) is 24.5 Å². The van der Waals surface area contributed by atoms with Crippen LogP contribution >= 0.6 is 11.3 Å². The zero-order chi connectivity index (χ0) is 24.9. The average molecular weight is 499 g/mol. The maximum absolute atomic E-state index is 13.9. The molecule has 1 aliphatic carbocycles. The van der Waals surface area contributed by atoms with Crippen molar-refractivity contribution in [1.29, 1.82) is 0 Å². The molecular formula is C26H31FN4O3S. The van der Waals surface area contributed by atoms with Gasteiger partial charge in [0.1, 0.15) is 16.5 Å². The van der Waals surface area contributed by atoms with Gasteiger partial charge in [-0.2, -0.15) is 0 Å². The Morgan fingerprint density at radius 3 is 2.51 bits per heavy atom. The van der Waals surface area contributed by atoms with E-state index in [-0.39, 0.29) is 29.3 Å². The third-order valence-electron chi connectivity index (χ3n) is 7.01. The SMILES string of the molecule is CNC(=C[C@@H](C(=O)N1CCC[C@H]1c1nc(C(=O)c2ccc(F)cc2)cs1)C1CCCCC1)C(N)=O. The quantitative estimate of drug-likeness (QED) is 0.423. The van der Waals surface area contributed by atoms with Gasteiger partial charge < -0.3 is 16.0 Å². The summed E-state index contributed by atoms with van der Waals surface area (Å²) in [6.07, 6.45) is 8.49. The molecule has 3 N–H and O–H groups in total. The van der Waals surface area contributed by atoms with Crippen molar-refractivity contribution in [2.75, 3.05) is 13.6 Å². The molecule has 1 aromatic carbocycles. The van der Waals surface area contributed by atoms with Gasteiger partial charge in [0.2, 0.25) is 11.7 Å². The summed E-state index contributed by atoms with van der Waals surface area (Å²) >= 11 is 1.36. The van der Waals surface area contributed by atoms with Gasteiger partial charge in [0.25, 0.3) is 5.91 Å². The van der Waals surface area contributed by atoms with Crippen LogP contribution in [0.15, 0.2) is 41.4 Å². The number of likely N-dealkylation sites (tertiary alicyclic amines) is 1. The van der Waals surface area contributed by atoms with Gasteiger partial charge in [-0.3, -0.25) is 14.4 Å². The topological polar surface area (TPSA) is 105 Å². The van der Waals surface area contributed by atoms with Crippen molar-refractivity contribution >= 4 is 28.9 Å². The van der Waals surface area contributed by atoms with E-state index in [1.165, 1.54) is 35.6 Å². The van der Waals surface area contributed by atoms with Crippen LogP contribution in [0.1, 0.15) is 72.0 Å². The fourth-order valence-corrected chi connectivity index (χ4v) is 6.09. The number of nitrogens with one attached hydrogen (secondary N) is 1. The molecule has 186 valence electrons. The van der Waals surface area contributed by atoms with Crippen molar-refractivity contribution < 1.29 is 18.8 Å². The number of halogens is 1.